The highest BCUT2D eigenvalue weighted by Gasteiger charge is 2.37. The summed E-state index contributed by atoms with van der Waals surface area (Å²) in [6.07, 6.45) is 3.40. The number of benzene rings is 2. The second kappa shape index (κ2) is 5.06. The summed E-state index contributed by atoms with van der Waals surface area (Å²) in [5.41, 5.74) is 13.4. The molecule has 0 fully saturated rings. The van der Waals surface area contributed by atoms with Gasteiger partial charge in [-0.3, -0.25) is 0 Å². The Morgan fingerprint density at radius 1 is 1.05 bits per heavy atom. The molecule has 2 N–H and O–H groups in total. The van der Waals surface area contributed by atoms with Gasteiger partial charge < -0.3 is 5.73 Å². The second-order valence-electron chi connectivity index (χ2n) is 6.24. The van der Waals surface area contributed by atoms with E-state index in [9.17, 15) is 0 Å². The highest BCUT2D eigenvalue weighted by atomic mass is 14.6. The van der Waals surface area contributed by atoms with Crippen molar-refractivity contribution in [1.82, 2.24) is 0 Å². The van der Waals surface area contributed by atoms with E-state index >= 15 is 0 Å². The molecule has 0 amide bonds. The fourth-order valence-corrected chi connectivity index (χ4v) is 3.54. The Hall–Kier alpha value is -1.60. The summed E-state index contributed by atoms with van der Waals surface area (Å²) in [5.74, 6) is 0. The van der Waals surface area contributed by atoms with Crippen molar-refractivity contribution in [2.24, 2.45) is 5.73 Å². The maximum absolute atomic E-state index is 6.20. The lowest BCUT2D eigenvalue weighted by Gasteiger charge is -2.29. The van der Waals surface area contributed by atoms with Gasteiger partial charge in [0.2, 0.25) is 0 Å². The van der Waals surface area contributed by atoms with Crippen LogP contribution in [0.15, 0.2) is 42.5 Å². The SMILES string of the molecule is Cc1ccc(CC2(CN)CCc3ccccc32)cc1C. The molecule has 0 aromatic heterocycles. The number of fused-ring (bicyclic) bond motifs is 1. The molecule has 1 aliphatic rings. The summed E-state index contributed by atoms with van der Waals surface area (Å²) in [5, 5.41) is 0. The molecule has 2 aromatic rings. The Labute approximate surface area is 121 Å². The molecule has 3 rings (SSSR count). The van der Waals surface area contributed by atoms with Gasteiger partial charge in [0.1, 0.15) is 0 Å². The Kier molecular flexibility index (Phi) is 3.39. The second-order valence-corrected chi connectivity index (χ2v) is 6.24. The van der Waals surface area contributed by atoms with Crippen LogP contribution in [0.3, 0.4) is 0 Å². The molecule has 0 bridgehead atoms. The van der Waals surface area contributed by atoms with Crippen molar-refractivity contribution in [1.29, 1.82) is 0 Å². The predicted octanol–water partition coefficient (Wildman–Crippen LogP) is 3.69. The maximum atomic E-state index is 6.20. The van der Waals surface area contributed by atoms with Crippen LogP contribution >= 0.6 is 0 Å². The molecule has 104 valence electrons. The molecular weight excluding hydrogens is 242 g/mol. The van der Waals surface area contributed by atoms with E-state index in [1.54, 1.807) is 0 Å². The monoisotopic (exact) mass is 265 g/mol. The van der Waals surface area contributed by atoms with Crippen LogP contribution in [0, 0.1) is 13.8 Å². The van der Waals surface area contributed by atoms with E-state index in [1.807, 2.05) is 0 Å². The van der Waals surface area contributed by atoms with Crippen molar-refractivity contribution in [2.75, 3.05) is 6.54 Å². The van der Waals surface area contributed by atoms with Gasteiger partial charge in [-0.1, -0.05) is 42.5 Å². The molecule has 20 heavy (non-hydrogen) atoms. The van der Waals surface area contributed by atoms with Gasteiger partial charge in [0.05, 0.1) is 0 Å². The largest absolute Gasteiger partial charge is 0.330 e. The molecule has 0 spiro atoms. The van der Waals surface area contributed by atoms with E-state index in [2.05, 4.69) is 56.3 Å². The molecule has 2 aromatic carbocycles. The zero-order valence-electron chi connectivity index (χ0n) is 12.4. The summed E-state index contributed by atoms with van der Waals surface area (Å²) in [4.78, 5) is 0. The summed E-state index contributed by atoms with van der Waals surface area (Å²) < 4.78 is 0. The third-order valence-electron chi connectivity index (χ3n) is 4.97. The summed E-state index contributed by atoms with van der Waals surface area (Å²) in [6, 6.07) is 15.6. The van der Waals surface area contributed by atoms with Crippen LogP contribution in [-0.2, 0) is 18.3 Å². The zero-order chi connectivity index (χ0) is 14.2. The van der Waals surface area contributed by atoms with Crippen molar-refractivity contribution in [3.63, 3.8) is 0 Å². The van der Waals surface area contributed by atoms with Crippen LogP contribution in [0.1, 0.15) is 34.2 Å². The number of nitrogens with two attached hydrogens (primary N) is 1. The smallest absolute Gasteiger partial charge is 0.0122 e. The van der Waals surface area contributed by atoms with Crippen LogP contribution in [0.5, 0.6) is 0 Å². The van der Waals surface area contributed by atoms with Crippen molar-refractivity contribution < 1.29 is 0 Å². The Balaban J connectivity index is 1.97. The van der Waals surface area contributed by atoms with E-state index in [4.69, 9.17) is 5.73 Å². The maximum Gasteiger partial charge on any atom is 0.0122 e. The molecule has 1 aliphatic carbocycles. The highest BCUT2D eigenvalue weighted by molar-refractivity contribution is 5.42. The van der Waals surface area contributed by atoms with Gasteiger partial charge in [0.15, 0.2) is 0 Å². The van der Waals surface area contributed by atoms with Crippen molar-refractivity contribution >= 4 is 0 Å². The van der Waals surface area contributed by atoms with Crippen molar-refractivity contribution in [3.05, 3.63) is 70.3 Å². The quantitative estimate of drug-likeness (QED) is 0.900. The number of hydrogen-bond acceptors (Lipinski definition) is 1. The average molecular weight is 265 g/mol. The number of rotatable bonds is 3. The molecule has 0 aliphatic heterocycles. The third kappa shape index (κ3) is 2.16. The lowest BCUT2D eigenvalue weighted by atomic mass is 9.76. The molecule has 1 nitrogen and oxygen atoms in total. The standard InChI is InChI=1S/C19H23N/c1-14-7-8-16(11-15(14)2)12-19(13-20)10-9-17-5-3-4-6-18(17)19/h3-8,11H,9-10,12-13,20H2,1-2H3. The fourth-order valence-electron chi connectivity index (χ4n) is 3.54. The molecule has 0 radical (unpaired) electrons. The van der Waals surface area contributed by atoms with Crippen molar-refractivity contribution in [3.8, 4) is 0 Å². The Morgan fingerprint density at radius 2 is 1.85 bits per heavy atom. The van der Waals surface area contributed by atoms with Crippen LogP contribution in [-0.4, -0.2) is 6.54 Å². The highest BCUT2D eigenvalue weighted by Crippen LogP contribution is 2.40. The topological polar surface area (TPSA) is 26.0 Å². The van der Waals surface area contributed by atoms with Gasteiger partial charge in [-0.25, -0.2) is 0 Å². The summed E-state index contributed by atoms with van der Waals surface area (Å²) >= 11 is 0. The van der Waals surface area contributed by atoms with E-state index in [0.29, 0.717) is 0 Å². The van der Waals surface area contributed by atoms with Gasteiger partial charge in [-0.2, -0.15) is 0 Å². The summed E-state index contributed by atoms with van der Waals surface area (Å²) in [7, 11) is 0. The van der Waals surface area contributed by atoms with Crippen LogP contribution in [0.4, 0.5) is 0 Å². The van der Waals surface area contributed by atoms with E-state index in [0.717, 1.165) is 19.4 Å². The number of aryl methyl sites for hydroxylation is 3. The number of hydrogen-bond donors (Lipinski definition) is 1. The normalized spacial score (nSPS) is 20.9. The fraction of sp³-hybridized carbons (Fsp3) is 0.368. The lowest BCUT2D eigenvalue weighted by Crippen LogP contribution is -2.35. The van der Waals surface area contributed by atoms with Crippen LogP contribution in [0.2, 0.25) is 0 Å². The minimum Gasteiger partial charge on any atom is -0.330 e. The first-order valence-electron chi connectivity index (χ1n) is 7.49. The minimum absolute atomic E-state index is 0.137. The van der Waals surface area contributed by atoms with Gasteiger partial charge in [0.25, 0.3) is 0 Å². The predicted molar refractivity (Wildman–Crippen MR) is 85.1 cm³/mol. The molecule has 1 unspecified atom stereocenters. The molecule has 1 heteroatoms. The first-order chi connectivity index (χ1) is 9.64. The van der Waals surface area contributed by atoms with E-state index in [-0.39, 0.29) is 5.41 Å². The van der Waals surface area contributed by atoms with Crippen molar-refractivity contribution in [2.45, 2.75) is 38.5 Å². The van der Waals surface area contributed by atoms with Gasteiger partial charge >= 0.3 is 0 Å². The molecule has 1 atom stereocenters. The molecule has 0 saturated carbocycles. The molecule has 0 heterocycles. The van der Waals surface area contributed by atoms with E-state index in [1.165, 1.54) is 34.2 Å². The molecule has 0 saturated heterocycles. The van der Waals surface area contributed by atoms with Gasteiger partial charge in [0, 0.05) is 12.0 Å². The Bertz CT molecular complexity index is 629. The average Bonchev–Trinajstić information content (AvgIpc) is 2.83. The van der Waals surface area contributed by atoms with Crippen LogP contribution < -0.4 is 5.73 Å². The third-order valence-corrected chi connectivity index (χ3v) is 4.97. The van der Waals surface area contributed by atoms with E-state index < -0.39 is 0 Å². The zero-order valence-corrected chi connectivity index (χ0v) is 12.4. The first-order valence-corrected chi connectivity index (χ1v) is 7.49. The molecular formula is C19H23N. The summed E-state index contributed by atoms with van der Waals surface area (Å²) in [6.45, 7) is 5.09. The van der Waals surface area contributed by atoms with Gasteiger partial charge in [-0.15, -0.1) is 0 Å². The Morgan fingerprint density at radius 3 is 2.60 bits per heavy atom. The van der Waals surface area contributed by atoms with Gasteiger partial charge in [-0.05, 0) is 60.9 Å². The first kappa shape index (κ1) is 13.4. The minimum atomic E-state index is 0.137. The van der Waals surface area contributed by atoms with Crippen LogP contribution in [0.25, 0.3) is 0 Å². The lowest BCUT2D eigenvalue weighted by molar-refractivity contribution is 0.431.